The van der Waals surface area contributed by atoms with Crippen LogP contribution in [0, 0.1) is 0 Å². The Labute approximate surface area is 344 Å². The van der Waals surface area contributed by atoms with Gasteiger partial charge in [-0.2, -0.15) is 0 Å². The Hall–Kier alpha value is -6.64. The average molecular weight is 751 g/mol. The fourth-order valence-corrected chi connectivity index (χ4v) is 8.71. The third kappa shape index (κ3) is 7.35. The van der Waals surface area contributed by atoms with E-state index >= 15 is 0 Å². The quantitative estimate of drug-likeness (QED) is 0.145. The minimum Gasteiger partial charge on any atom is -0.310 e. The maximum Gasteiger partial charge on any atom is 0.0473 e. The maximum atomic E-state index is 2.45. The van der Waals surface area contributed by atoms with Crippen molar-refractivity contribution in [1.82, 2.24) is 0 Å². The van der Waals surface area contributed by atoms with Gasteiger partial charge in [-0.1, -0.05) is 155 Å². The van der Waals surface area contributed by atoms with Crippen molar-refractivity contribution in [2.45, 2.75) is 51.4 Å². The lowest BCUT2D eigenvalue weighted by Crippen LogP contribution is -2.34. The summed E-state index contributed by atoms with van der Waals surface area (Å²) in [6.45, 7) is 9.60. The number of anilines is 6. The minimum atomic E-state index is 0.129. The van der Waals surface area contributed by atoms with Crippen LogP contribution in [0.5, 0.6) is 0 Å². The molecule has 2 heteroatoms. The first-order valence-corrected chi connectivity index (χ1v) is 20.6. The topological polar surface area (TPSA) is 6.48 Å². The van der Waals surface area contributed by atoms with Gasteiger partial charge in [0, 0.05) is 34.1 Å². The van der Waals surface area contributed by atoms with Crippen molar-refractivity contribution >= 4 is 34.1 Å². The average Bonchev–Trinajstić information content (AvgIpc) is 3.27. The van der Waals surface area contributed by atoms with Crippen molar-refractivity contribution < 1.29 is 0 Å². The maximum absolute atomic E-state index is 2.45. The van der Waals surface area contributed by atoms with Crippen molar-refractivity contribution in [3.05, 3.63) is 217 Å². The highest BCUT2D eigenvalue weighted by atomic mass is 15.1. The van der Waals surface area contributed by atoms with Crippen LogP contribution >= 0.6 is 0 Å². The number of hydrogen-bond donors (Lipinski definition) is 0. The smallest absolute Gasteiger partial charge is 0.0473 e. The standard InChI is InChI=1S/C56H50N2/c1-55(2)35-36-56(3,4)54-40-51(33-34-53(54)55)57(47-21-13-7-14-22-47)49-29-25-43(26-30-49)44-27-31-50(32-28-44)58(48-23-15-8-16-24-48)52-38-45(41-17-9-5-10-18-41)37-46(39-52)42-19-11-6-12-20-42/h5-34,37-40H,35-36H2,1-4H3. The molecule has 0 radical (unpaired) electrons. The van der Waals surface area contributed by atoms with E-state index in [1.807, 2.05) is 0 Å². The fraction of sp³-hybridized carbons (Fsp3) is 0.143. The molecule has 0 atom stereocenters. The van der Waals surface area contributed by atoms with Gasteiger partial charge in [0.25, 0.3) is 0 Å². The van der Waals surface area contributed by atoms with Crippen LogP contribution in [-0.2, 0) is 10.8 Å². The molecule has 0 saturated carbocycles. The third-order valence-electron chi connectivity index (χ3n) is 12.1. The Morgan fingerprint density at radius 3 is 1.07 bits per heavy atom. The number of rotatable bonds is 9. The number of benzene rings is 8. The second kappa shape index (κ2) is 15.4. The predicted molar refractivity (Wildman–Crippen MR) is 247 cm³/mol. The molecule has 284 valence electrons. The highest BCUT2D eigenvalue weighted by Gasteiger charge is 2.37. The molecule has 0 bridgehead atoms. The zero-order chi connectivity index (χ0) is 39.7. The van der Waals surface area contributed by atoms with Gasteiger partial charge in [-0.3, -0.25) is 0 Å². The molecule has 0 heterocycles. The van der Waals surface area contributed by atoms with E-state index in [-0.39, 0.29) is 10.8 Å². The predicted octanol–water partition coefficient (Wildman–Crippen LogP) is 16.0. The molecule has 0 aromatic heterocycles. The van der Waals surface area contributed by atoms with Crippen molar-refractivity contribution in [3.63, 3.8) is 0 Å². The SMILES string of the molecule is CC1(C)CCC(C)(C)c2cc(N(c3ccccc3)c3ccc(-c4ccc(N(c5ccccc5)c5cc(-c6ccccc6)cc(-c6ccccc6)c5)cc4)cc3)ccc21. The van der Waals surface area contributed by atoms with Crippen molar-refractivity contribution in [2.75, 3.05) is 9.80 Å². The molecular weight excluding hydrogens is 701 g/mol. The minimum absolute atomic E-state index is 0.129. The molecule has 2 nitrogen and oxygen atoms in total. The Morgan fingerprint density at radius 1 is 0.276 bits per heavy atom. The van der Waals surface area contributed by atoms with Crippen LogP contribution in [0.25, 0.3) is 33.4 Å². The van der Waals surface area contributed by atoms with Gasteiger partial charge in [-0.15, -0.1) is 0 Å². The van der Waals surface area contributed by atoms with Gasteiger partial charge >= 0.3 is 0 Å². The Bertz CT molecular complexity index is 2570. The molecule has 0 spiro atoms. The molecule has 8 aromatic carbocycles. The summed E-state index contributed by atoms with van der Waals surface area (Å²) >= 11 is 0. The molecule has 0 saturated heterocycles. The van der Waals surface area contributed by atoms with Crippen LogP contribution in [0.2, 0.25) is 0 Å². The number of hydrogen-bond acceptors (Lipinski definition) is 2. The van der Waals surface area contributed by atoms with Crippen molar-refractivity contribution in [2.24, 2.45) is 0 Å². The molecule has 9 rings (SSSR count). The van der Waals surface area contributed by atoms with Gasteiger partial charge in [0.1, 0.15) is 0 Å². The molecule has 0 aliphatic heterocycles. The summed E-state index contributed by atoms with van der Waals surface area (Å²) in [5.74, 6) is 0. The van der Waals surface area contributed by atoms with Crippen LogP contribution in [0.1, 0.15) is 51.7 Å². The lowest BCUT2D eigenvalue weighted by atomic mass is 9.63. The summed E-state index contributed by atoms with van der Waals surface area (Å²) in [6.07, 6.45) is 2.39. The summed E-state index contributed by atoms with van der Waals surface area (Å²) in [7, 11) is 0. The van der Waals surface area contributed by atoms with E-state index in [0.29, 0.717) is 0 Å². The normalized spacial score (nSPS) is 14.0. The Kier molecular flexibility index (Phi) is 9.79. The second-order valence-corrected chi connectivity index (χ2v) is 16.9. The molecule has 0 amide bonds. The van der Waals surface area contributed by atoms with E-state index in [0.717, 1.165) is 28.4 Å². The monoisotopic (exact) mass is 750 g/mol. The first-order chi connectivity index (χ1) is 28.2. The second-order valence-electron chi connectivity index (χ2n) is 16.9. The molecule has 0 N–H and O–H groups in total. The van der Waals surface area contributed by atoms with Gasteiger partial charge in [0.05, 0.1) is 0 Å². The largest absolute Gasteiger partial charge is 0.310 e. The summed E-state index contributed by atoms with van der Waals surface area (Å²) in [5.41, 5.74) is 17.2. The van der Waals surface area contributed by atoms with Gasteiger partial charge in [0.15, 0.2) is 0 Å². The molecule has 1 aliphatic carbocycles. The van der Waals surface area contributed by atoms with Crippen LogP contribution in [0.15, 0.2) is 206 Å². The van der Waals surface area contributed by atoms with Crippen LogP contribution in [0.4, 0.5) is 34.1 Å². The van der Waals surface area contributed by atoms with E-state index < -0.39 is 0 Å². The van der Waals surface area contributed by atoms with Gasteiger partial charge < -0.3 is 9.80 Å². The van der Waals surface area contributed by atoms with Gasteiger partial charge in [-0.05, 0) is 147 Å². The van der Waals surface area contributed by atoms with Gasteiger partial charge in [-0.25, -0.2) is 0 Å². The molecule has 0 fully saturated rings. The highest BCUT2D eigenvalue weighted by Crippen LogP contribution is 2.48. The van der Waals surface area contributed by atoms with Crippen LogP contribution in [-0.4, -0.2) is 0 Å². The lowest BCUT2D eigenvalue weighted by molar-refractivity contribution is 0.332. The summed E-state index contributed by atoms with van der Waals surface area (Å²) in [4.78, 5) is 4.76. The van der Waals surface area contributed by atoms with E-state index in [9.17, 15) is 0 Å². The molecule has 8 aromatic rings. The van der Waals surface area contributed by atoms with Crippen molar-refractivity contribution in [1.29, 1.82) is 0 Å². The zero-order valence-electron chi connectivity index (χ0n) is 33.9. The van der Waals surface area contributed by atoms with E-state index in [1.165, 1.54) is 63.0 Å². The first kappa shape index (κ1) is 37.0. The van der Waals surface area contributed by atoms with E-state index in [2.05, 4.69) is 244 Å². The molecular formula is C56H50N2. The number of para-hydroxylation sites is 2. The number of nitrogens with zero attached hydrogens (tertiary/aromatic N) is 2. The highest BCUT2D eigenvalue weighted by molar-refractivity contribution is 5.86. The van der Waals surface area contributed by atoms with Crippen LogP contribution < -0.4 is 9.80 Å². The number of fused-ring (bicyclic) bond motifs is 1. The van der Waals surface area contributed by atoms with E-state index in [1.54, 1.807) is 0 Å². The first-order valence-electron chi connectivity index (χ1n) is 20.6. The van der Waals surface area contributed by atoms with E-state index in [4.69, 9.17) is 0 Å². The molecule has 1 aliphatic rings. The zero-order valence-corrected chi connectivity index (χ0v) is 33.9. The van der Waals surface area contributed by atoms with Gasteiger partial charge in [0.2, 0.25) is 0 Å². The summed E-state index contributed by atoms with van der Waals surface area (Å²) in [6, 6.07) is 74.9. The fourth-order valence-electron chi connectivity index (χ4n) is 8.71. The van der Waals surface area contributed by atoms with Crippen molar-refractivity contribution in [3.8, 4) is 33.4 Å². The Balaban J connectivity index is 1.07. The van der Waals surface area contributed by atoms with Crippen LogP contribution in [0.3, 0.4) is 0 Å². The third-order valence-corrected chi connectivity index (χ3v) is 12.1. The Morgan fingerprint density at radius 2 is 0.621 bits per heavy atom. The lowest BCUT2D eigenvalue weighted by Gasteiger charge is -2.42. The summed E-state index contributed by atoms with van der Waals surface area (Å²) < 4.78 is 0. The summed E-state index contributed by atoms with van der Waals surface area (Å²) in [5, 5.41) is 0. The molecule has 0 unspecified atom stereocenters. The molecule has 58 heavy (non-hydrogen) atoms.